The van der Waals surface area contributed by atoms with E-state index in [0.717, 1.165) is 18.7 Å². The molecule has 2 rings (SSSR count). The number of rotatable bonds is 4. The molecule has 0 aliphatic rings. The Morgan fingerprint density at radius 3 is 2.61 bits per heavy atom. The average molecular weight is 239 g/mol. The molecule has 0 saturated heterocycles. The molecule has 3 nitrogen and oxygen atoms in total. The van der Waals surface area contributed by atoms with E-state index in [1.165, 1.54) is 16.8 Å². The first kappa shape index (κ1) is 12.4. The highest BCUT2D eigenvalue weighted by Gasteiger charge is 2.11. The van der Waals surface area contributed by atoms with E-state index in [2.05, 4.69) is 30.2 Å². The molecule has 0 fully saturated rings. The molecule has 2 aromatic rings. The minimum absolute atomic E-state index is 0.554. The number of aryl methyl sites for hydroxylation is 1. The van der Waals surface area contributed by atoms with Crippen molar-refractivity contribution in [3.8, 4) is 6.07 Å². The first-order valence-corrected chi connectivity index (χ1v) is 6.16. The van der Waals surface area contributed by atoms with Gasteiger partial charge in [0.05, 0.1) is 18.3 Å². The fourth-order valence-electron chi connectivity index (χ4n) is 2.19. The van der Waals surface area contributed by atoms with Crippen LogP contribution >= 0.6 is 0 Å². The Bertz CT molecular complexity index is 561. The van der Waals surface area contributed by atoms with Crippen LogP contribution in [-0.2, 0) is 13.0 Å². The molecule has 92 valence electrons. The molecule has 0 spiro atoms. The summed E-state index contributed by atoms with van der Waals surface area (Å²) in [5, 5.41) is 13.2. The van der Waals surface area contributed by atoms with Gasteiger partial charge in [0.1, 0.15) is 0 Å². The first-order valence-electron chi connectivity index (χ1n) is 6.16. The highest BCUT2D eigenvalue weighted by Crippen LogP contribution is 2.16. The van der Waals surface area contributed by atoms with Gasteiger partial charge in [-0.25, -0.2) is 0 Å². The van der Waals surface area contributed by atoms with E-state index in [-0.39, 0.29) is 0 Å². The van der Waals surface area contributed by atoms with Gasteiger partial charge in [0.25, 0.3) is 0 Å². The van der Waals surface area contributed by atoms with Crippen LogP contribution in [0.25, 0.3) is 0 Å². The number of benzene rings is 1. The normalized spacial score (nSPS) is 10.3. The van der Waals surface area contributed by atoms with Crippen LogP contribution < -0.4 is 0 Å². The lowest BCUT2D eigenvalue weighted by Gasteiger charge is -2.05. The van der Waals surface area contributed by atoms with Gasteiger partial charge in [0, 0.05) is 12.1 Å². The van der Waals surface area contributed by atoms with Crippen molar-refractivity contribution >= 4 is 0 Å². The quantitative estimate of drug-likeness (QED) is 0.823. The van der Waals surface area contributed by atoms with Gasteiger partial charge in [-0.1, -0.05) is 30.3 Å². The second kappa shape index (κ2) is 5.50. The molecule has 0 aliphatic heterocycles. The fraction of sp³-hybridized carbons (Fsp3) is 0.333. The Balaban J connectivity index is 2.22. The molecule has 0 unspecified atom stereocenters. The smallest absolute Gasteiger partial charge is 0.0662 e. The molecule has 0 bridgehead atoms. The van der Waals surface area contributed by atoms with Gasteiger partial charge in [-0.2, -0.15) is 10.4 Å². The predicted molar refractivity (Wildman–Crippen MR) is 71.2 cm³/mol. The van der Waals surface area contributed by atoms with E-state index < -0.39 is 0 Å². The van der Waals surface area contributed by atoms with Crippen LogP contribution in [-0.4, -0.2) is 9.78 Å². The molecule has 0 N–H and O–H groups in total. The van der Waals surface area contributed by atoms with Crippen LogP contribution in [0.3, 0.4) is 0 Å². The summed E-state index contributed by atoms with van der Waals surface area (Å²) in [4.78, 5) is 0. The van der Waals surface area contributed by atoms with Gasteiger partial charge in [-0.05, 0) is 31.4 Å². The van der Waals surface area contributed by atoms with Gasteiger partial charge in [0.2, 0.25) is 0 Å². The second-order valence-corrected chi connectivity index (χ2v) is 4.45. The summed E-state index contributed by atoms with van der Waals surface area (Å²) in [5.41, 5.74) is 4.67. The molecule has 1 aromatic carbocycles. The molecule has 3 heteroatoms. The number of hydrogen-bond donors (Lipinski definition) is 0. The van der Waals surface area contributed by atoms with E-state index in [9.17, 15) is 0 Å². The third-order valence-electron chi connectivity index (χ3n) is 3.19. The molecule has 0 atom stereocenters. The molecule has 0 amide bonds. The van der Waals surface area contributed by atoms with Crippen LogP contribution in [0.4, 0.5) is 0 Å². The first-order chi connectivity index (χ1) is 8.72. The largest absolute Gasteiger partial charge is 0.265 e. The van der Waals surface area contributed by atoms with E-state index >= 15 is 0 Å². The third kappa shape index (κ3) is 2.60. The third-order valence-corrected chi connectivity index (χ3v) is 3.19. The summed E-state index contributed by atoms with van der Waals surface area (Å²) < 4.78 is 2.03. The molecule has 0 aliphatic carbocycles. The topological polar surface area (TPSA) is 41.6 Å². The van der Waals surface area contributed by atoms with Crippen LogP contribution in [0.5, 0.6) is 0 Å². The highest BCUT2D eigenvalue weighted by molar-refractivity contribution is 5.26. The lowest BCUT2D eigenvalue weighted by molar-refractivity contribution is 0.658. The minimum Gasteiger partial charge on any atom is -0.265 e. The Kier molecular flexibility index (Phi) is 3.78. The Morgan fingerprint density at radius 2 is 1.94 bits per heavy atom. The highest BCUT2D eigenvalue weighted by atomic mass is 15.3. The molecule has 1 aromatic heterocycles. The van der Waals surface area contributed by atoms with Gasteiger partial charge >= 0.3 is 0 Å². The van der Waals surface area contributed by atoms with Gasteiger partial charge in [0.15, 0.2) is 0 Å². The van der Waals surface area contributed by atoms with E-state index in [1.54, 1.807) is 0 Å². The molecular weight excluding hydrogens is 222 g/mol. The average Bonchev–Trinajstić information content (AvgIpc) is 2.64. The number of aromatic nitrogens is 2. The lowest BCUT2D eigenvalue weighted by Crippen LogP contribution is -2.04. The van der Waals surface area contributed by atoms with Crippen molar-refractivity contribution in [3.05, 3.63) is 52.8 Å². The van der Waals surface area contributed by atoms with Gasteiger partial charge < -0.3 is 0 Å². The van der Waals surface area contributed by atoms with E-state index in [0.29, 0.717) is 6.42 Å². The van der Waals surface area contributed by atoms with Crippen molar-refractivity contribution in [2.75, 3.05) is 0 Å². The molecule has 0 radical (unpaired) electrons. The van der Waals surface area contributed by atoms with Crippen molar-refractivity contribution in [2.45, 2.75) is 33.2 Å². The molecule has 1 heterocycles. The standard InChI is InChI=1S/C15H17N3/c1-12-15(9-6-10-16)13(2)18(17-12)11-14-7-4-3-5-8-14/h3-5,7-8H,6,9,11H2,1-2H3. The summed E-state index contributed by atoms with van der Waals surface area (Å²) in [6.45, 7) is 4.89. The zero-order valence-electron chi connectivity index (χ0n) is 10.8. The second-order valence-electron chi connectivity index (χ2n) is 4.45. The van der Waals surface area contributed by atoms with Crippen molar-refractivity contribution in [2.24, 2.45) is 0 Å². The summed E-state index contributed by atoms with van der Waals surface area (Å²) in [7, 11) is 0. The summed E-state index contributed by atoms with van der Waals surface area (Å²) in [5.74, 6) is 0. The number of hydrogen-bond acceptors (Lipinski definition) is 2. The van der Waals surface area contributed by atoms with Gasteiger partial charge in [-0.15, -0.1) is 0 Å². The Morgan fingerprint density at radius 1 is 1.22 bits per heavy atom. The summed E-state index contributed by atoms with van der Waals surface area (Å²) in [6.07, 6.45) is 1.35. The maximum Gasteiger partial charge on any atom is 0.0662 e. The van der Waals surface area contributed by atoms with Crippen LogP contribution in [0, 0.1) is 25.2 Å². The molecule has 0 saturated carbocycles. The zero-order valence-corrected chi connectivity index (χ0v) is 10.8. The summed E-state index contributed by atoms with van der Waals surface area (Å²) in [6, 6.07) is 12.5. The van der Waals surface area contributed by atoms with Crippen molar-refractivity contribution in [3.63, 3.8) is 0 Å². The van der Waals surface area contributed by atoms with Crippen LogP contribution in [0.2, 0.25) is 0 Å². The molecule has 18 heavy (non-hydrogen) atoms. The van der Waals surface area contributed by atoms with E-state index in [1.807, 2.05) is 29.8 Å². The lowest BCUT2D eigenvalue weighted by atomic mass is 10.1. The maximum absolute atomic E-state index is 8.67. The number of nitriles is 1. The minimum atomic E-state index is 0.554. The maximum atomic E-state index is 8.67. The van der Waals surface area contributed by atoms with Crippen molar-refractivity contribution < 1.29 is 0 Å². The monoisotopic (exact) mass is 239 g/mol. The molecular formula is C15H17N3. The fourth-order valence-corrected chi connectivity index (χ4v) is 2.19. The SMILES string of the molecule is Cc1nn(Cc2ccccc2)c(C)c1CCC#N. The Labute approximate surface area is 108 Å². The van der Waals surface area contributed by atoms with Gasteiger partial charge in [-0.3, -0.25) is 4.68 Å². The number of nitrogens with zero attached hydrogens (tertiary/aromatic N) is 3. The van der Waals surface area contributed by atoms with Crippen molar-refractivity contribution in [1.82, 2.24) is 9.78 Å². The summed E-state index contributed by atoms with van der Waals surface area (Å²) >= 11 is 0. The van der Waals surface area contributed by atoms with Crippen LogP contribution in [0.1, 0.15) is 28.9 Å². The zero-order chi connectivity index (χ0) is 13.0. The van der Waals surface area contributed by atoms with E-state index in [4.69, 9.17) is 5.26 Å². The van der Waals surface area contributed by atoms with Crippen LogP contribution in [0.15, 0.2) is 30.3 Å². The predicted octanol–water partition coefficient (Wildman–Crippen LogP) is 3.00. The van der Waals surface area contributed by atoms with Crippen molar-refractivity contribution in [1.29, 1.82) is 5.26 Å². The Hall–Kier alpha value is -2.08.